The average molecular weight is 327 g/mol. The van der Waals surface area contributed by atoms with Crippen LogP contribution in [0.3, 0.4) is 0 Å². The number of likely N-dealkylation sites (tertiary alicyclic amines) is 1. The van der Waals surface area contributed by atoms with Crippen molar-refractivity contribution in [3.63, 3.8) is 0 Å². The number of ether oxygens (including phenoxy) is 1. The molecule has 2 N–H and O–H groups in total. The van der Waals surface area contributed by atoms with E-state index in [1.54, 1.807) is 7.11 Å². The lowest BCUT2D eigenvalue weighted by Crippen LogP contribution is -2.41. The SMILES string of the molecule is COCCN1CCCCC(N)C1c1ccccc1Br. The molecule has 1 fully saturated rings. The minimum absolute atomic E-state index is 0.193. The topological polar surface area (TPSA) is 38.5 Å². The van der Waals surface area contributed by atoms with Crippen LogP contribution in [0.5, 0.6) is 0 Å². The lowest BCUT2D eigenvalue weighted by Gasteiger charge is -2.34. The predicted molar refractivity (Wildman–Crippen MR) is 82.2 cm³/mol. The molecule has 1 heterocycles. The molecule has 19 heavy (non-hydrogen) atoms. The highest BCUT2D eigenvalue weighted by Gasteiger charge is 2.29. The van der Waals surface area contributed by atoms with Crippen molar-refractivity contribution in [2.24, 2.45) is 5.73 Å². The van der Waals surface area contributed by atoms with Gasteiger partial charge in [-0.15, -0.1) is 0 Å². The van der Waals surface area contributed by atoms with Gasteiger partial charge < -0.3 is 10.5 Å². The van der Waals surface area contributed by atoms with Crippen LogP contribution in [0.15, 0.2) is 28.7 Å². The molecule has 3 nitrogen and oxygen atoms in total. The van der Waals surface area contributed by atoms with Gasteiger partial charge in [0, 0.05) is 24.2 Å². The van der Waals surface area contributed by atoms with Gasteiger partial charge in [0.15, 0.2) is 0 Å². The molecule has 2 atom stereocenters. The van der Waals surface area contributed by atoms with Gasteiger partial charge in [-0.25, -0.2) is 0 Å². The third kappa shape index (κ3) is 3.78. The fourth-order valence-corrected chi connectivity index (χ4v) is 3.38. The van der Waals surface area contributed by atoms with Crippen LogP contribution in [-0.2, 0) is 4.74 Å². The van der Waals surface area contributed by atoms with E-state index in [2.05, 4.69) is 45.1 Å². The number of hydrogen-bond acceptors (Lipinski definition) is 3. The minimum Gasteiger partial charge on any atom is -0.383 e. The Labute approximate surface area is 124 Å². The van der Waals surface area contributed by atoms with E-state index in [1.807, 2.05) is 0 Å². The Balaban J connectivity index is 2.26. The number of nitrogens with two attached hydrogens (primary N) is 1. The Morgan fingerprint density at radius 3 is 2.89 bits per heavy atom. The fraction of sp³-hybridized carbons (Fsp3) is 0.600. The van der Waals surface area contributed by atoms with Crippen molar-refractivity contribution < 1.29 is 4.74 Å². The van der Waals surface area contributed by atoms with Crippen molar-refractivity contribution in [3.8, 4) is 0 Å². The summed E-state index contributed by atoms with van der Waals surface area (Å²) in [5, 5.41) is 0. The van der Waals surface area contributed by atoms with E-state index in [0.717, 1.165) is 30.6 Å². The fourth-order valence-electron chi connectivity index (χ4n) is 2.86. The van der Waals surface area contributed by atoms with Crippen molar-refractivity contribution in [2.75, 3.05) is 26.8 Å². The second kappa shape index (κ2) is 7.39. The third-order valence-corrected chi connectivity index (χ3v) is 4.56. The van der Waals surface area contributed by atoms with Crippen molar-refractivity contribution in [2.45, 2.75) is 31.3 Å². The first-order chi connectivity index (χ1) is 9.24. The van der Waals surface area contributed by atoms with Crippen LogP contribution in [-0.4, -0.2) is 37.7 Å². The second-order valence-corrected chi connectivity index (χ2v) is 6.01. The third-order valence-electron chi connectivity index (χ3n) is 3.84. The summed E-state index contributed by atoms with van der Waals surface area (Å²) in [6, 6.07) is 8.90. The molecule has 0 aromatic heterocycles. The van der Waals surface area contributed by atoms with Crippen molar-refractivity contribution in [3.05, 3.63) is 34.3 Å². The van der Waals surface area contributed by atoms with Gasteiger partial charge in [0.2, 0.25) is 0 Å². The molecule has 1 aromatic carbocycles. The van der Waals surface area contributed by atoms with Crippen LogP contribution in [0.1, 0.15) is 30.9 Å². The van der Waals surface area contributed by atoms with Gasteiger partial charge in [-0.2, -0.15) is 0 Å². The number of nitrogens with zero attached hydrogens (tertiary/aromatic N) is 1. The lowest BCUT2D eigenvalue weighted by molar-refractivity contribution is 0.114. The molecule has 106 valence electrons. The summed E-state index contributed by atoms with van der Waals surface area (Å²) in [7, 11) is 1.76. The first-order valence-corrected chi connectivity index (χ1v) is 7.76. The summed E-state index contributed by atoms with van der Waals surface area (Å²) >= 11 is 3.67. The average Bonchev–Trinajstić information content (AvgIpc) is 2.59. The van der Waals surface area contributed by atoms with Gasteiger partial charge in [-0.3, -0.25) is 4.90 Å². The molecule has 0 saturated carbocycles. The molecule has 0 bridgehead atoms. The van der Waals surface area contributed by atoms with Gasteiger partial charge in [0.05, 0.1) is 12.6 Å². The lowest BCUT2D eigenvalue weighted by atomic mass is 9.96. The van der Waals surface area contributed by atoms with Crippen LogP contribution < -0.4 is 5.73 Å². The molecule has 0 spiro atoms. The van der Waals surface area contributed by atoms with E-state index in [1.165, 1.54) is 18.4 Å². The summed E-state index contributed by atoms with van der Waals surface area (Å²) in [5.41, 5.74) is 7.74. The second-order valence-electron chi connectivity index (χ2n) is 5.15. The predicted octanol–water partition coefficient (Wildman–Crippen LogP) is 2.95. The van der Waals surface area contributed by atoms with Crippen molar-refractivity contribution in [1.29, 1.82) is 0 Å². The molecular formula is C15H23BrN2O. The highest BCUT2D eigenvalue weighted by Crippen LogP contribution is 2.33. The van der Waals surface area contributed by atoms with E-state index < -0.39 is 0 Å². The summed E-state index contributed by atoms with van der Waals surface area (Å²) in [6.07, 6.45) is 3.53. The summed E-state index contributed by atoms with van der Waals surface area (Å²) in [5.74, 6) is 0. The Morgan fingerprint density at radius 2 is 2.16 bits per heavy atom. The summed E-state index contributed by atoms with van der Waals surface area (Å²) in [6.45, 7) is 2.80. The number of benzene rings is 1. The monoisotopic (exact) mass is 326 g/mol. The van der Waals surface area contributed by atoms with Crippen LogP contribution in [0.2, 0.25) is 0 Å². The van der Waals surface area contributed by atoms with Gasteiger partial charge in [-0.1, -0.05) is 40.5 Å². The zero-order valence-electron chi connectivity index (χ0n) is 11.5. The van der Waals surface area contributed by atoms with E-state index in [9.17, 15) is 0 Å². The zero-order valence-corrected chi connectivity index (χ0v) is 13.1. The highest BCUT2D eigenvalue weighted by atomic mass is 79.9. The Hall–Kier alpha value is -0.420. The van der Waals surface area contributed by atoms with Crippen molar-refractivity contribution >= 4 is 15.9 Å². The normalized spacial score (nSPS) is 25.2. The number of halogens is 1. The minimum atomic E-state index is 0.193. The Morgan fingerprint density at radius 1 is 1.37 bits per heavy atom. The van der Waals surface area contributed by atoms with E-state index in [0.29, 0.717) is 0 Å². The van der Waals surface area contributed by atoms with E-state index in [-0.39, 0.29) is 12.1 Å². The molecule has 1 saturated heterocycles. The van der Waals surface area contributed by atoms with E-state index >= 15 is 0 Å². The summed E-state index contributed by atoms with van der Waals surface area (Å²) in [4.78, 5) is 2.47. The molecule has 0 amide bonds. The molecule has 2 unspecified atom stereocenters. The zero-order chi connectivity index (χ0) is 13.7. The van der Waals surface area contributed by atoms with Gasteiger partial charge in [-0.05, 0) is 31.0 Å². The molecule has 0 aliphatic carbocycles. The molecule has 4 heteroatoms. The van der Waals surface area contributed by atoms with Crippen LogP contribution in [0, 0.1) is 0 Å². The van der Waals surface area contributed by atoms with Crippen LogP contribution >= 0.6 is 15.9 Å². The highest BCUT2D eigenvalue weighted by molar-refractivity contribution is 9.10. The van der Waals surface area contributed by atoms with Crippen LogP contribution in [0.4, 0.5) is 0 Å². The Kier molecular flexibility index (Phi) is 5.82. The number of methoxy groups -OCH3 is 1. The van der Waals surface area contributed by atoms with Crippen molar-refractivity contribution in [1.82, 2.24) is 4.90 Å². The first-order valence-electron chi connectivity index (χ1n) is 6.97. The first kappa shape index (κ1) is 15.0. The molecular weight excluding hydrogens is 304 g/mol. The maximum Gasteiger partial charge on any atom is 0.0589 e. The molecule has 1 aliphatic heterocycles. The van der Waals surface area contributed by atoms with Gasteiger partial charge >= 0.3 is 0 Å². The molecule has 0 radical (unpaired) electrons. The van der Waals surface area contributed by atoms with Gasteiger partial charge in [0.25, 0.3) is 0 Å². The number of rotatable bonds is 4. The smallest absolute Gasteiger partial charge is 0.0589 e. The maximum absolute atomic E-state index is 6.44. The van der Waals surface area contributed by atoms with E-state index in [4.69, 9.17) is 10.5 Å². The number of hydrogen-bond donors (Lipinski definition) is 1. The Bertz CT molecular complexity index is 399. The maximum atomic E-state index is 6.44. The largest absolute Gasteiger partial charge is 0.383 e. The van der Waals surface area contributed by atoms with Gasteiger partial charge in [0.1, 0.15) is 0 Å². The molecule has 1 aliphatic rings. The van der Waals surface area contributed by atoms with Crippen LogP contribution in [0.25, 0.3) is 0 Å². The summed E-state index contributed by atoms with van der Waals surface area (Å²) < 4.78 is 6.39. The standard InChI is InChI=1S/C15H23BrN2O/c1-19-11-10-18-9-5-4-8-14(17)15(18)12-6-2-3-7-13(12)16/h2-3,6-7,14-15H,4-5,8-11,17H2,1H3. The molecule has 1 aromatic rings. The molecule has 2 rings (SSSR count). The quantitative estimate of drug-likeness (QED) is 0.924.